The van der Waals surface area contributed by atoms with Crippen molar-refractivity contribution in [3.63, 3.8) is 0 Å². The molecule has 3 atom stereocenters. The van der Waals surface area contributed by atoms with Crippen LogP contribution in [0, 0.1) is 26.7 Å². The van der Waals surface area contributed by atoms with E-state index in [1.807, 2.05) is 11.2 Å². The molecule has 2 saturated heterocycles. The first kappa shape index (κ1) is 18.4. The molecule has 7 heteroatoms. The van der Waals surface area contributed by atoms with Crippen molar-refractivity contribution in [1.82, 2.24) is 21.0 Å². The molecule has 3 aliphatic rings. The van der Waals surface area contributed by atoms with Crippen LogP contribution in [0.3, 0.4) is 0 Å². The molecule has 0 saturated carbocycles. The zero-order chi connectivity index (χ0) is 19.1. The van der Waals surface area contributed by atoms with Crippen molar-refractivity contribution >= 4 is 11.6 Å². The van der Waals surface area contributed by atoms with E-state index in [4.69, 9.17) is 0 Å². The monoisotopic (exact) mass is 371 g/mol. The van der Waals surface area contributed by atoms with E-state index >= 15 is 0 Å². The summed E-state index contributed by atoms with van der Waals surface area (Å²) in [6.45, 7) is 8.19. The van der Waals surface area contributed by atoms with E-state index in [0.717, 1.165) is 31.6 Å². The van der Waals surface area contributed by atoms with Gasteiger partial charge in [0.15, 0.2) is 0 Å². The second-order valence-corrected chi connectivity index (χ2v) is 7.99. The summed E-state index contributed by atoms with van der Waals surface area (Å²) in [7, 11) is 0. The van der Waals surface area contributed by atoms with E-state index in [0.29, 0.717) is 5.57 Å². The largest absolute Gasteiger partial charge is 0.396 e. The minimum absolute atomic E-state index is 0.0488. The van der Waals surface area contributed by atoms with Crippen molar-refractivity contribution in [2.45, 2.75) is 46.1 Å². The molecule has 0 spiro atoms. The highest BCUT2D eigenvalue weighted by atomic mass is 16.3. The van der Waals surface area contributed by atoms with E-state index in [1.54, 1.807) is 0 Å². The predicted octanol–water partition coefficient (Wildman–Crippen LogP) is 0.854. The molecule has 3 aliphatic heterocycles. The Morgan fingerprint density at radius 2 is 1.96 bits per heavy atom. The Morgan fingerprint density at radius 3 is 2.67 bits per heavy atom. The van der Waals surface area contributed by atoms with E-state index < -0.39 is 0 Å². The number of amides is 1. The summed E-state index contributed by atoms with van der Waals surface area (Å²) in [4.78, 5) is 14.9. The number of hydrogen-bond acceptors (Lipinski definition) is 6. The number of fused-ring (bicyclic) bond motifs is 1. The summed E-state index contributed by atoms with van der Waals surface area (Å²) < 4.78 is 0. The average Bonchev–Trinajstić information content (AvgIpc) is 3.05. The van der Waals surface area contributed by atoms with Gasteiger partial charge in [-0.15, -0.1) is 0 Å². The van der Waals surface area contributed by atoms with Gasteiger partial charge in [-0.2, -0.15) is 0 Å². The van der Waals surface area contributed by atoms with Gasteiger partial charge in [-0.1, -0.05) is 17.7 Å². The smallest absolute Gasteiger partial charge is 0.254 e. The SMILES string of the molecule is Cc1cc(C)c(N2C=C3C(=O)NC(N4CCCC(CO)C4)NC3N2)c(C)c1. The fraction of sp³-hybridized carbons (Fsp3) is 0.550. The van der Waals surface area contributed by atoms with Crippen LogP contribution in [0.2, 0.25) is 0 Å². The van der Waals surface area contributed by atoms with Crippen molar-refractivity contribution in [3.05, 3.63) is 40.6 Å². The number of aryl methyl sites for hydroxylation is 3. The second-order valence-electron chi connectivity index (χ2n) is 7.99. The maximum Gasteiger partial charge on any atom is 0.254 e. The standard InChI is InChI=1S/C20H29N5O2/c1-12-7-13(2)17(14(3)8-12)25-10-16-18(23-25)21-20(22-19(16)27)24-6-4-5-15(9-24)11-26/h7-8,10,15,18,20-21,23,26H,4-6,9,11H2,1-3H3,(H,22,27). The first-order valence-corrected chi connectivity index (χ1v) is 9.73. The highest BCUT2D eigenvalue weighted by Gasteiger charge is 2.39. The topological polar surface area (TPSA) is 79.9 Å². The lowest BCUT2D eigenvalue weighted by molar-refractivity contribution is -0.122. The molecule has 4 rings (SSSR count). The zero-order valence-corrected chi connectivity index (χ0v) is 16.2. The number of rotatable bonds is 3. The van der Waals surface area contributed by atoms with Gasteiger partial charge in [-0.3, -0.25) is 20.0 Å². The van der Waals surface area contributed by atoms with Gasteiger partial charge in [0, 0.05) is 25.9 Å². The number of aliphatic hydroxyl groups excluding tert-OH is 1. The molecule has 3 unspecified atom stereocenters. The van der Waals surface area contributed by atoms with Crippen LogP contribution in [0.5, 0.6) is 0 Å². The highest BCUT2D eigenvalue weighted by Crippen LogP contribution is 2.30. The van der Waals surface area contributed by atoms with E-state index in [1.165, 1.54) is 16.7 Å². The minimum atomic E-state index is -0.224. The van der Waals surface area contributed by atoms with E-state index in [2.05, 4.69) is 53.9 Å². The maximum absolute atomic E-state index is 12.7. The third kappa shape index (κ3) is 3.48. The lowest BCUT2D eigenvalue weighted by Crippen LogP contribution is -2.68. The number of likely N-dealkylation sites (tertiary alicyclic amines) is 1. The molecule has 1 aromatic carbocycles. The second kappa shape index (κ2) is 7.24. The lowest BCUT2D eigenvalue weighted by Gasteiger charge is -2.42. The number of aliphatic hydroxyl groups is 1. The van der Waals surface area contributed by atoms with Gasteiger partial charge in [0.05, 0.1) is 11.3 Å². The molecule has 3 heterocycles. The Hall–Kier alpha value is -1.93. The van der Waals surface area contributed by atoms with Crippen LogP contribution in [0.15, 0.2) is 23.9 Å². The van der Waals surface area contributed by atoms with Gasteiger partial charge in [0.2, 0.25) is 0 Å². The van der Waals surface area contributed by atoms with Gasteiger partial charge in [0.25, 0.3) is 5.91 Å². The van der Waals surface area contributed by atoms with Crippen molar-refractivity contribution in [2.24, 2.45) is 5.92 Å². The summed E-state index contributed by atoms with van der Waals surface area (Å²) in [6, 6.07) is 4.31. The molecule has 2 fully saturated rings. The molecule has 1 amide bonds. The van der Waals surface area contributed by atoms with E-state index in [-0.39, 0.29) is 30.9 Å². The highest BCUT2D eigenvalue weighted by molar-refractivity contribution is 5.96. The van der Waals surface area contributed by atoms with Crippen molar-refractivity contribution < 1.29 is 9.90 Å². The van der Waals surface area contributed by atoms with Crippen molar-refractivity contribution in [3.8, 4) is 0 Å². The molecule has 146 valence electrons. The fourth-order valence-electron chi connectivity index (χ4n) is 4.54. The summed E-state index contributed by atoms with van der Waals surface area (Å²) in [6.07, 6.45) is 3.52. The van der Waals surface area contributed by atoms with E-state index in [9.17, 15) is 9.90 Å². The number of piperidine rings is 1. The minimum Gasteiger partial charge on any atom is -0.396 e. The molecule has 27 heavy (non-hydrogen) atoms. The predicted molar refractivity (Wildman–Crippen MR) is 105 cm³/mol. The van der Waals surface area contributed by atoms with Crippen LogP contribution in [0.4, 0.5) is 5.69 Å². The maximum atomic E-state index is 12.7. The van der Waals surface area contributed by atoms with Crippen LogP contribution in [-0.2, 0) is 4.79 Å². The summed E-state index contributed by atoms with van der Waals surface area (Å²) in [5.41, 5.74) is 8.80. The van der Waals surface area contributed by atoms with Gasteiger partial charge in [0.1, 0.15) is 12.5 Å². The zero-order valence-electron chi connectivity index (χ0n) is 16.2. The Kier molecular flexibility index (Phi) is 4.94. The van der Waals surface area contributed by atoms with Crippen molar-refractivity contribution in [1.29, 1.82) is 0 Å². The molecule has 0 aromatic heterocycles. The Labute approximate surface area is 160 Å². The fourth-order valence-corrected chi connectivity index (χ4v) is 4.54. The van der Waals surface area contributed by atoms with Gasteiger partial charge in [-0.05, 0) is 50.7 Å². The Bertz CT molecular complexity index is 755. The number of hydrogen-bond donors (Lipinski definition) is 4. The van der Waals surface area contributed by atoms with Crippen LogP contribution in [-0.4, -0.2) is 48.1 Å². The number of nitrogens with one attached hydrogen (secondary N) is 3. The quantitative estimate of drug-likeness (QED) is 0.631. The lowest BCUT2D eigenvalue weighted by atomic mass is 9.99. The van der Waals surface area contributed by atoms with Crippen LogP contribution >= 0.6 is 0 Å². The van der Waals surface area contributed by atoms with Gasteiger partial charge >= 0.3 is 0 Å². The van der Waals surface area contributed by atoms with Gasteiger partial charge in [-0.25, -0.2) is 5.43 Å². The third-order valence-corrected chi connectivity index (χ3v) is 5.75. The van der Waals surface area contributed by atoms with Crippen LogP contribution < -0.4 is 21.1 Å². The first-order chi connectivity index (χ1) is 13.0. The molecular weight excluding hydrogens is 342 g/mol. The molecule has 0 bridgehead atoms. The van der Waals surface area contributed by atoms with Gasteiger partial charge < -0.3 is 10.4 Å². The normalized spacial score (nSPS) is 28.7. The summed E-state index contributed by atoms with van der Waals surface area (Å²) >= 11 is 0. The average molecular weight is 371 g/mol. The molecular formula is C20H29N5O2. The number of carbonyl (C=O) groups excluding carboxylic acids is 1. The number of benzene rings is 1. The Balaban J connectivity index is 1.52. The number of hydrazine groups is 1. The number of carbonyl (C=O) groups is 1. The van der Waals surface area contributed by atoms with Crippen molar-refractivity contribution in [2.75, 3.05) is 24.7 Å². The number of anilines is 1. The number of nitrogens with zero attached hydrogens (tertiary/aromatic N) is 2. The van der Waals surface area contributed by atoms with Crippen LogP contribution in [0.25, 0.3) is 0 Å². The third-order valence-electron chi connectivity index (χ3n) is 5.75. The molecule has 1 aromatic rings. The molecule has 4 N–H and O–H groups in total. The first-order valence-electron chi connectivity index (χ1n) is 9.73. The molecule has 7 nitrogen and oxygen atoms in total. The molecule has 0 radical (unpaired) electrons. The summed E-state index contributed by atoms with van der Waals surface area (Å²) in [5.74, 6) is 0.229. The molecule has 0 aliphatic carbocycles. The Morgan fingerprint density at radius 1 is 1.22 bits per heavy atom. The summed E-state index contributed by atoms with van der Waals surface area (Å²) in [5, 5.41) is 18.0. The van der Waals surface area contributed by atoms with Crippen LogP contribution in [0.1, 0.15) is 29.5 Å².